The van der Waals surface area contributed by atoms with E-state index >= 15 is 0 Å². The number of hydrogen-bond acceptors (Lipinski definition) is 8. The number of nitrogens with zero attached hydrogens (tertiary/aromatic N) is 6. The number of tetrazole rings is 1. The Morgan fingerprint density at radius 1 is 1.53 bits per heavy atom. The molecule has 0 radical (unpaired) electrons. The quantitative estimate of drug-likeness (QED) is 0.596. The second kappa shape index (κ2) is 4.92. The molecule has 2 heterocycles. The standard InChI is InChI=1S/C10H10N6O2S/c1-18-9(17)7-4-11-5-12-8(7)19-10-13-14-15-16(10)6-2-3-6/h4-6H,2-3H2,1H3. The molecule has 0 aromatic carbocycles. The summed E-state index contributed by atoms with van der Waals surface area (Å²) in [5.74, 6) is -0.478. The van der Waals surface area contributed by atoms with Crippen molar-refractivity contribution in [1.29, 1.82) is 0 Å². The predicted molar refractivity (Wildman–Crippen MR) is 63.6 cm³/mol. The summed E-state index contributed by atoms with van der Waals surface area (Å²) in [4.78, 5) is 19.5. The van der Waals surface area contributed by atoms with Crippen molar-refractivity contribution in [3.8, 4) is 0 Å². The normalized spacial score (nSPS) is 14.4. The third kappa shape index (κ3) is 2.41. The van der Waals surface area contributed by atoms with Crippen molar-refractivity contribution in [3.05, 3.63) is 18.1 Å². The maximum atomic E-state index is 11.6. The summed E-state index contributed by atoms with van der Waals surface area (Å²) in [7, 11) is 1.32. The first-order valence-electron chi connectivity index (χ1n) is 5.63. The van der Waals surface area contributed by atoms with Crippen LogP contribution in [0.5, 0.6) is 0 Å². The van der Waals surface area contributed by atoms with Crippen molar-refractivity contribution < 1.29 is 9.53 Å². The zero-order valence-electron chi connectivity index (χ0n) is 10.1. The molecule has 3 rings (SSSR count). The molecule has 9 heteroatoms. The largest absolute Gasteiger partial charge is 0.465 e. The molecular weight excluding hydrogens is 268 g/mol. The smallest absolute Gasteiger partial charge is 0.342 e. The average molecular weight is 278 g/mol. The maximum absolute atomic E-state index is 11.6. The van der Waals surface area contributed by atoms with Crippen LogP contribution in [0.1, 0.15) is 29.2 Å². The first-order valence-corrected chi connectivity index (χ1v) is 6.45. The molecule has 0 bridgehead atoms. The molecule has 0 spiro atoms. The molecule has 0 amide bonds. The van der Waals surface area contributed by atoms with Gasteiger partial charge < -0.3 is 4.74 Å². The summed E-state index contributed by atoms with van der Waals surface area (Å²) in [5.41, 5.74) is 0.306. The lowest BCUT2D eigenvalue weighted by molar-refractivity contribution is 0.0595. The van der Waals surface area contributed by atoms with Crippen molar-refractivity contribution in [2.75, 3.05) is 7.11 Å². The molecule has 1 fully saturated rings. The Morgan fingerprint density at radius 2 is 2.37 bits per heavy atom. The highest BCUT2D eigenvalue weighted by Crippen LogP contribution is 2.38. The second-order valence-electron chi connectivity index (χ2n) is 3.97. The summed E-state index contributed by atoms with van der Waals surface area (Å²) < 4.78 is 6.45. The number of carbonyl (C=O) groups is 1. The van der Waals surface area contributed by atoms with Crippen LogP contribution in [-0.4, -0.2) is 43.3 Å². The van der Waals surface area contributed by atoms with E-state index in [0.717, 1.165) is 12.8 Å². The van der Waals surface area contributed by atoms with Gasteiger partial charge in [0.2, 0.25) is 5.16 Å². The topological polar surface area (TPSA) is 95.7 Å². The predicted octanol–water partition coefficient (Wildman–Crippen LogP) is 0.736. The van der Waals surface area contributed by atoms with Crippen molar-refractivity contribution >= 4 is 17.7 Å². The molecule has 0 saturated heterocycles. The number of carbonyl (C=O) groups excluding carboxylic acids is 1. The van der Waals surface area contributed by atoms with Gasteiger partial charge in [0.25, 0.3) is 0 Å². The van der Waals surface area contributed by atoms with Gasteiger partial charge in [-0.05, 0) is 35.0 Å². The summed E-state index contributed by atoms with van der Waals surface area (Å²) in [6.45, 7) is 0. The molecule has 98 valence electrons. The van der Waals surface area contributed by atoms with Gasteiger partial charge in [-0.1, -0.05) is 0 Å². The highest BCUT2D eigenvalue weighted by atomic mass is 32.2. The Labute approximate surface area is 112 Å². The fraction of sp³-hybridized carbons (Fsp3) is 0.400. The molecule has 19 heavy (non-hydrogen) atoms. The van der Waals surface area contributed by atoms with Gasteiger partial charge in [0, 0.05) is 6.20 Å². The second-order valence-corrected chi connectivity index (χ2v) is 4.93. The summed E-state index contributed by atoms with van der Waals surface area (Å²) in [5, 5.41) is 12.7. The minimum atomic E-state index is -0.478. The summed E-state index contributed by atoms with van der Waals surface area (Å²) in [6, 6.07) is 0.362. The van der Waals surface area contributed by atoms with Crippen molar-refractivity contribution in [2.45, 2.75) is 29.1 Å². The van der Waals surface area contributed by atoms with Crippen LogP contribution in [-0.2, 0) is 4.74 Å². The molecule has 0 unspecified atom stereocenters. The van der Waals surface area contributed by atoms with E-state index in [1.165, 1.54) is 31.4 Å². The number of ether oxygens (including phenoxy) is 1. The lowest BCUT2D eigenvalue weighted by atomic mass is 10.3. The number of esters is 1. The van der Waals surface area contributed by atoms with Gasteiger partial charge >= 0.3 is 5.97 Å². The molecule has 0 N–H and O–H groups in total. The third-order valence-electron chi connectivity index (χ3n) is 2.62. The SMILES string of the molecule is COC(=O)c1cncnc1Sc1nnnn1C1CC1. The Kier molecular flexibility index (Phi) is 3.11. The van der Waals surface area contributed by atoms with Crippen LogP contribution in [0.4, 0.5) is 0 Å². The summed E-state index contributed by atoms with van der Waals surface area (Å²) >= 11 is 1.23. The molecule has 2 aromatic rings. The van der Waals surface area contributed by atoms with Crippen LogP contribution in [0.2, 0.25) is 0 Å². The Bertz CT molecular complexity index is 612. The molecule has 1 aliphatic carbocycles. The van der Waals surface area contributed by atoms with E-state index in [1.54, 1.807) is 4.68 Å². The molecule has 8 nitrogen and oxygen atoms in total. The monoisotopic (exact) mass is 278 g/mol. The lowest BCUT2D eigenvalue weighted by Crippen LogP contribution is -2.06. The molecule has 1 aliphatic rings. The Hall–Kier alpha value is -2.03. The van der Waals surface area contributed by atoms with Gasteiger partial charge in [0.1, 0.15) is 16.9 Å². The minimum Gasteiger partial charge on any atom is -0.465 e. The molecular formula is C10H10N6O2S. The van der Waals surface area contributed by atoms with Crippen LogP contribution in [0.15, 0.2) is 22.7 Å². The zero-order chi connectivity index (χ0) is 13.2. The van der Waals surface area contributed by atoms with E-state index in [0.29, 0.717) is 21.8 Å². The van der Waals surface area contributed by atoms with Crippen LogP contribution in [0, 0.1) is 0 Å². The number of hydrogen-bond donors (Lipinski definition) is 0. The number of methoxy groups -OCH3 is 1. The minimum absolute atomic E-state index is 0.306. The van der Waals surface area contributed by atoms with E-state index in [9.17, 15) is 4.79 Å². The third-order valence-corrected chi connectivity index (χ3v) is 3.59. The van der Waals surface area contributed by atoms with E-state index in [2.05, 4.69) is 25.5 Å². The van der Waals surface area contributed by atoms with Gasteiger partial charge in [-0.3, -0.25) is 0 Å². The Morgan fingerprint density at radius 3 is 3.11 bits per heavy atom. The van der Waals surface area contributed by atoms with Gasteiger partial charge in [-0.2, -0.15) is 0 Å². The average Bonchev–Trinajstić information content (AvgIpc) is 3.19. The lowest BCUT2D eigenvalue weighted by Gasteiger charge is -2.05. The first kappa shape index (κ1) is 12.0. The fourth-order valence-corrected chi connectivity index (χ4v) is 2.41. The van der Waals surface area contributed by atoms with Crippen LogP contribution in [0.25, 0.3) is 0 Å². The van der Waals surface area contributed by atoms with E-state index in [4.69, 9.17) is 4.74 Å². The fourth-order valence-electron chi connectivity index (χ4n) is 1.54. The highest BCUT2D eigenvalue weighted by molar-refractivity contribution is 7.99. The number of rotatable bonds is 4. The van der Waals surface area contributed by atoms with Crippen molar-refractivity contribution in [3.63, 3.8) is 0 Å². The van der Waals surface area contributed by atoms with E-state index in [1.807, 2.05) is 0 Å². The molecule has 1 saturated carbocycles. The van der Waals surface area contributed by atoms with Gasteiger partial charge in [0.15, 0.2) is 0 Å². The van der Waals surface area contributed by atoms with E-state index < -0.39 is 5.97 Å². The number of aromatic nitrogens is 6. The maximum Gasteiger partial charge on any atom is 0.342 e. The van der Waals surface area contributed by atoms with Crippen LogP contribution in [0.3, 0.4) is 0 Å². The Balaban J connectivity index is 1.90. The van der Waals surface area contributed by atoms with Crippen molar-refractivity contribution in [2.24, 2.45) is 0 Å². The molecule has 2 aromatic heterocycles. The van der Waals surface area contributed by atoms with Gasteiger partial charge in [-0.15, -0.1) is 5.10 Å². The summed E-state index contributed by atoms with van der Waals surface area (Å²) in [6.07, 6.45) is 4.95. The van der Waals surface area contributed by atoms with Gasteiger partial charge in [0.05, 0.1) is 13.2 Å². The highest BCUT2D eigenvalue weighted by Gasteiger charge is 2.29. The zero-order valence-corrected chi connectivity index (χ0v) is 10.9. The molecule has 0 aliphatic heterocycles. The van der Waals surface area contributed by atoms with E-state index in [-0.39, 0.29) is 0 Å². The molecule has 0 atom stereocenters. The van der Waals surface area contributed by atoms with Crippen molar-refractivity contribution in [1.82, 2.24) is 30.2 Å². The first-order chi connectivity index (χ1) is 9.29. The van der Waals surface area contributed by atoms with Gasteiger partial charge in [-0.25, -0.2) is 19.4 Å². The van der Waals surface area contributed by atoms with Crippen LogP contribution >= 0.6 is 11.8 Å². The van der Waals surface area contributed by atoms with Crippen LogP contribution < -0.4 is 0 Å².